The van der Waals surface area contributed by atoms with E-state index < -0.39 is 0 Å². The van der Waals surface area contributed by atoms with Crippen LogP contribution in [0, 0.1) is 6.92 Å². The molecule has 0 aliphatic rings. The van der Waals surface area contributed by atoms with Gasteiger partial charge in [0, 0.05) is 5.69 Å². The van der Waals surface area contributed by atoms with Crippen molar-refractivity contribution in [3.63, 3.8) is 0 Å². The number of aliphatic hydroxyl groups excluding tert-OH is 1. The molecule has 1 rings (SSSR count). The zero-order chi connectivity index (χ0) is 12.7. The van der Waals surface area contributed by atoms with E-state index in [0.717, 1.165) is 17.7 Å². The fraction of sp³-hybridized carbons (Fsp3) is 0.462. The van der Waals surface area contributed by atoms with E-state index >= 15 is 0 Å². The summed E-state index contributed by atoms with van der Waals surface area (Å²) in [6.45, 7) is 4.40. The number of nitrogens with two attached hydrogens (primary N) is 1. The van der Waals surface area contributed by atoms with Crippen molar-refractivity contribution in [3.05, 3.63) is 29.8 Å². The first-order valence-corrected chi connectivity index (χ1v) is 5.97. The highest BCUT2D eigenvalue weighted by Gasteiger charge is 2.11. The van der Waals surface area contributed by atoms with Gasteiger partial charge < -0.3 is 15.7 Å². The summed E-state index contributed by atoms with van der Waals surface area (Å²) >= 11 is 0. The molecule has 0 radical (unpaired) electrons. The molecule has 0 fully saturated rings. The Labute approximate surface area is 102 Å². The fourth-order valence-corrected chi connectivity index (χ4v) is 1.56. The third-order valence-electron chi connectivity index (χ3n) is 2.81. The fourth-order valence-electron chi connectivity index (χ4n) is 1.56. The maximum atomic E-state index is 11.7. The lowest BCUT2D eigenvalue weighted by atomic mass is 10.2. The van der Waals surface area contributed by atoms with Crippen molar-refractivity contribution in [3.8, 4) is 0 Å². The molecule has 0 aliphatic heterocycles. The SMILES string of the molecule is CC[C@H](CO)[NH2+]CC(=O)Nc1ccccc1C. The van der Waals surface area contributed by atoms with Gasteiger partial charge in [-0.1, -0.05) is 25.1 Å². The normalized spacial score (nSPS) is 12.2. The lowest BCUT2D eigenvalue weighted by molar-refractivity contribution is -0.680. The van der Waals surface area contributed by atoms with Gasteiger partial charge >= 0.3 is 0 Å². The Morgan fingerprint density at radius 2 is 2.18 bits per heavy atom. The van der Waals surface area contributed by atoms with Crippen molar-refractivity contribution in [2.45, 2.75) is 26.3 Å². The van der Waals surface area contributed by atoms with Gasteiger partial charge in [0.05, 0.1) is 6.61 Å². The standard InChI is InChI=1S/C13H20N2O2/c1-3-11(9-16)14-8-13(17)15-12-7-5-4-6-10(12)2/h4-7,11,14,16H,3,8-9H2,1-2H3,(H,15,17)/p+1/t11-/m1/s1. The molecule has 1 aromatic carbocycles. The Bertz CT molecular complexity index is 362. The average Bonchev–Trinajstić information content (AvgIpc) is 2.33. The lowest BCUT2D eigenvalue weighted by Crippen LogP contribution is -2.92. The van der Waals surface area contributed by atoms with E-state index in [2.05, 4.69) is 5.32 Å². The zero-order valence-corrected chi connectivity index (χ0v) is 10.4. The van der Waals surface area contributed by atoms with Gasteiger partial charge in [-0.2, -0.15) is 0 Å². The second-order valence-electron chi connectivity index (χ2n) is 4.15. The van der Waals surface area contributed by atoms with Crippen LogP contribution in [0.4, 0.5) is 5.69 Å². The third kappa shape index (κ3) is 4.54. The molecule has 0 bridgehead atoms. The highest BCUT2D eigenvalue weighted by Crippen LogP contribution is 2.12. The number of anilines is 1. The molecule has 0 spiro atoms. The molecule has 4 heteroatoms. The molecule has 17 heavy (non-hydrogen) atoms. The van der Waals surface area contributed by atoms with Crippen LogP contribution in [0.1, 0.15) is 18.9 Å². The summed E-state index contributed by atoms with van der Waals surface area (Å²) in [5, 5.41) is 13.7. The summed E-state index contributed by atoms with van der Waals surface area (Å²) in [5.74, 6) is -0.0359. The number of rotatable bonds is 6. The molecule has 0 aromatic heterocycles. The number of benzene rings is 1. The summed E-state index contributed by atoms with van der Waals surface area (Å²) in [7, 11) is 0. The molecule has 94 valence electrons. The number of carbonyl (C=O) groups excluding carboxylic acids is 1. The monoisotopic (exact) mass is 237 g/mol. The first-order chi connectivity index (χ1) is 8.17. The molecule has 0 unspecified atom stereocenters. The van der Waals surface area contributed by atoms with Gasteiger partial charge in [-0.25, -0.2) is 0 Å². The van der Waals surface area contributed by atoms with Gasteiger partial charge in [0.25, 0.3) is 5.91 Å². The number of nitrogens with one attached hydrogen (secondary N) is 1. The topological polar surface area (TPSA) is 65.9 Å². The Hall–Kier alpha value is -1.39. The first-order valence-electron chi connectivity index (χ1n) is 5.97. The highest BCUT2D eigenvalue weighted by molar-refractivity contribution is 5.92. The largest absolute Gasteiger partial charge is 0.390 e. The molecule has 1 amide bonds. The van der Waals surface area contributed by atoms with Gasteiger partial charge in [0.15, 0.2) is 6.54 Å². The quantitative estimate of drug-likeness (QED) is 0.665. The van der Waals surface area contributed by atoms with Crippen LogP contribution >= 0.6 is 0 Å². The minimum Gasteiger partial charge on any atom is -0.390 e. The van der Waals surface area contributed by atoms with Gasteiger partial charge in [0.1, 0.15) is 6.04 Å². The van der Waals surface area contributed by atoms with Gasteiger partial charge in [-0.05, 0) is 25.0 Å². The van der Waals surface area contributed by atoms with Gasteiger partial charge in [-0.3, -0.25) is 4.79 Å². The zero-order valence-electron chi connectivity index (χ0n) is 10.4. The van der Waals surface area contributed by atoms with E-state index in [4.69, 9.17) is 5.11 Å². The van der Waals surface area contributed by atoms with Crippen molar-refractivity contribution in [2.75, 3.05) is 18.5 Å². The van der Waals surface area contributed by atoms with Crippen LogP contribution in [0.25, 0.3) is 0 Å². The average molecular weight is 237 g/mol. The van der Waals surface area contributed by atoms with Crippen LogP contribution in [0.2, 0.25) is 0 Å². The van der Waals surface area contributed by atoms with Crippen LogP contribution in [0.5, 0.6) is 0 Å². The Balaban J connectivity index is 2.42. The predicted molar refractivity (Wildman–Crippen MR) is 67.8 cm³/mol. The predicted octanol–water partition coefficient (Wildman–Crippen LogP) is 0.268. The summed E-state index contributed by atoms with van der Waals surface area (Å²) in [6, 6.07) is 7.79. The second-order valence-corrected chi connectivity index (χ2v) is 4.15. The lowest BCUT2D eigenvalue weighted by Gasteiger charge is -2.11. The molecule has 0 aliphatic carbocycles. The number of hydrogen-bond acceptors (Lipinski definition) is 2. The number of aliphatic hydroxyl groups is 1. The maximum Gasteiger partial charge on any atom is 0.279 e. The van der Waals surface area contributed by atoms with Crippen molar-refractivity contribution >= 4 is 11.6 Å². The third-order valence-corrected chi connectivity index (χ3v) is 2.81. The van der Waals surface area contributed by atoms with Crippen LogP contribution < -0.4 is 10.6 Å². The van der Waals surface area contributed by atoms with Crippen molar-refractivity contribution in [1.82, 2.24) is 0 Å². The Morgan fingerprint density at radius 3 is 2.76 bits per heavy atom. The van der Waals surface area contributed by atoms with E-state index in [1.807, 2.05) is 43.4 Å². The molecule has 4 N–H and O–H groups in total. The number of carbonyl (C=O) groups is 1. The van der Waals surface area contributed by atoms with Crippen molar-refractivity contribution < 1.29 is 15.2 Å². The smallest absolute Gasteiger partial charge is 0.279 e. The van der Waals surface area contributed by atoms with E-state index in [1.54, 1.807) is 0 Å². The second kappa shape index (κ2) is 7.04. The molecule has 0 heterocycles. The molecular formula is C13H21N2O2+. The van der Waals surface area contributed by atoms with Gasteiger partial charge in [0.2, 0.25) is 0 Å². The van der Waals surface area contributed by atoms with Crippen molar-refractivity contribution in [2.24, 2.45) is 0 Å². The minimum absolute atomic E-state index is 0.0359. The number of quaternary nitrogens is 1. The highest BCUT2D eigenvalue weighted by atomic mass is 16.3. The number of hydrogen-bond donors (Lipinski definition) is 3. The van der Waals surface area contributed by atoms with Crippen LogP contribution in [0.3, 0.4) is 0 Å². The van der Waals surface area contributed by atoms with E-state index in [1.165, 1.54) is 0 Å². The summed E-state index contributed by atoms with van der Waals surface area (Å²) in [4.78, 5) is 11.7. The minimum atomic E-state index is -0.0359. The van der Waals surface area contributed by atoms with Crippen LogP contribution in [-0.2, 0) is 4.79 Å². The number of aryl methyl sites for hydroxylation is 1. The molecule has 1 aromatic rings. The molecule has 4 nitrogen and oxygen atoms in total. The Kier molecular flexibility index (Phi) is 5.66. The Morgan fingerprint density at radius 1 is 1.47 bits per heavy atom. The molecule has 0 saturated carbocycles. The number of amides is 1. The first kappa shape index (κ1) is 13.7. The van der Waals surface area contributed by atoms with Crippen LogP contribution in [0.15, 0.2) is 24.3 Å². The molecule has 1 atom stereocenters. The summed E-state index contributed by atoms with van der Waals surface area (Å²) < 4.78 is 0. The maximum absolute atomic E-state index is 11.7. The van der Waals surface area contributed by atoms with Crippen LogP contribution in [-0.4, -0.2) is 30.2 Å². The number of para-hydroxylation sites is 1. The van der Waals surface area contributed by atoms with E-state index in [0.29, 0.717) is 6.54 Å². The van der Waals surface area contributed by atoms with E-state index in [-0.39, 0.29) is 18.6 Å². The molecular weight excluding hydrogens is 216 g/mol. The summed E-state index contributed by atoms with van der Waals surface area (Å²) in [6.07, 6.45) is 0.855. The van der Waals surface area contributed by atoms with E-state index in [9.17, 15) is 4.79 Å². The van der Waals surface area contributed by atoms with Gasteiger partial charge in [-0.15, -0.1) is 0 Å². The molecule has 0 saturated heterocycles. The summed E-state index contributed by atoms with van der Waals surface area (Å²) in [5.41, 5.74) is 1.90. The van der Waals surface area contributed by atoms with Crippen molar-refractivity contribution in [1.29, 1.82) is 0 Å².